The Bertz CT molecular complexity index is 582. The Labute approximate surface area is 111 Å². The second kappa shape index (κ2) is 6.49. The van der Waals surface area contributed by atoms with Crippen molar-refractivity contribution < 1.29 is 13.0 Å². The van der Waals surface area contributed by atoms with Crippen molar-refractivity contribution in [3.63, 3.8) is 0 Å². The van der Waals surface area contributed by atoms with Gasteiger partial charge in [0.2, 0.25) is 0 Å². The molecule has 1 aromatic carbocycles. The number of nitrogens with zero attached hydrogens (tertiary/aromatic N) is 1. The summed E-state index contributed by atoms with van der Waals surface area (Å²) in [4.78, 5) is 3.69. The Morgan fingerprint density at radius 2 is 1.56 bits per heavy atom. The van der Waals surface area contributed by atoms with Gasteiger partial charge in [0.15, 0.2) is 0 Å². The third-order valence-corrected chi connectivity index (χ3v) is 3.08. The fourth-order valence-electron chi connectivity index (χ4n) is 1.04. The van der Waals surface area contributed by atoms with Crippen LogP contribution in [0, 0.1) is 6.92 Å². The van der Waals surface area contributed by atoms with Crippen molar-refractivity contribution in [2.75, 3.05) is 0 Å². The standard InChI is InChI=1S/C7H8O3S.C5H4ClN/c1-6-2-4-7(5-3-6)11(8,9)10;6-5-1-3-7-4-2-5/h2-5H,1H3,(H,8,9,10);1-4H. The molecule has 2 aromatic rings. The molecule has 0 saturated carbocycles. The van der Waals surface area contributed by atoms with Crippen molar-refractivity contribution >= 4 is 21.7 Å². The summed E-state index contributed by atoms with van der Waals surface area (Å²) >= 11 is 5.50. The average Bonchev–Trinajstić information content (AvgIpc) is 2.30. The fraction of sp³-hybridized carbons (Fsp3) is 0.0833. The quantitative estimate of drug-likeness (QED) is 0.818. The zero-order valence-corrected chi connectivity index (χ0v) is 11.2. The smallest absolute Gasteiger partial charge is 0.282 e. The summed E-state index contributed by atoms with van der Waals surface area (Å²) in [5.74, 6) is 0. The van der Waals surface area contributed by atoms with Crippen molar-refractivity contribution in [3.05, 3.63) is 59.4 Å². The SMILES string of the molecule is Cc1ccc(S(=O)(=O)O)cc1.Clc1ccncc1. The first kappa shape index (κ1) is 14.6. The number of rotatable bonds is 1. The van der Waals surface area contributed by atoms with Crippen LogP contribution < -0.4 is 0 Å². The molecule has 0 fully saturated rings. The number of halogens is 1. The molecule has 1 N–H and O–H groups in total. The lowest BCUT2D eigenvalue weighted by atomic mass is 10.2. The molecule has 0 spiro atoms. The molecule has 0 aliphatic heterocycles. The third-order valence-electron chi connectivity index (χ3n) is 1.96. The number of aromatic nitrogens is 1. The van der Waals surface area contributed by atoms with E-state index in [2.05, 4.69) is 4.98 Å². The number of hydrogen-bond acceptors (Lipinski definition) is 3. The van der Waals surface area contributed by atoms with Gasteiger partial charge < -0.3 is 0 Å². The zero-order chi connectivity index (χ0) is 13.6. The highest BCUT2D eigenvalue weighted by atomic mass is 35.5. The monoisotopic (exact) mass is 285 g/mol. The van der Waals surface area contributed by atoms with E-state index in [-0.39, 0.29) is 4.90 Å². The van der Waals surface area contributed by atoms with Crippen LogP contribution in [0.4, 0.5) is 0 Å². The maximum atomic E-state index is 10.5. The Morgan fingerprint density at radius 3 is 1.89 bits per heavy atom. The van der Waals surface area contributed by atoms with Gasteiger partial charge in [-0.2, -0.15) is 8.42 Å². The summed E-state index contributed by atoms with van der Waals surface area (Å²) in [6, 6.07) is 9.46. The highest BCUT2D eigenvalue weighted by molar-refractivity contribution is 7.85. The maximum Gasteiger partial charge on any atom is 0.294 e. The van der Waals surface area contributed by atoms with Crippen molar-refractivity contribution in [2.45, 2.75) is 11.8 Å². The molecule has 6 heteroatoms. The molecule has 1 heterocycles. The summed E-state index contributed by atoms with van der Waals surface area (Å²) in [6.45, 7) is 1.84. The number of aryl methyl sites for hydroxylation is 1. The normalized spacial score (nSPS) is 10.4. The van der Waals surface area contributed by atoms with Crippen molar-refractivity contribution in [1.82, 2.24) is 4.98 Å². The van der Waals surface area contributed by atoms with E-state index >= 15 is 0 Å². The minimum absolute atomic E-state index is 0.0666. The van der Waals surface area contributed by atoms with Gasteiger partial charge in [0.05, 0.1) is 4.90 Å². The number of hydrogen-bond donors (Lipinski definition) is 1. The molecule has 96 valence electrons. The van der Waals surface area contributed by atoms with E-state index in [0.29, 0.717) is 0 Å². The fourth-order valence-corrected chi connectivity index (χ4v) is 1.64. The lowest BCUT2D eigenvalue weighted by molar-refractivity contribution is 0.483. The third kappa shape index (κ3) is 5.27. The van der Waals surface area contributed by atoms with E-state index in [1.165, 1.54) is 12.1 Å². The Kier molecular flexibility index (Phi) is 5.27. The first-order chi connectivity index (χ1) is 8.39. The van der Waals surface area contributed by atoms with Gasteiger partial charge in [0.1, 0.15) is 0 Å². The largest absolute Gasteiger partial charge is 0.294 e. The first-order valence-corrected chi connectivity index (χ1v) is 6.81. The molecule has 0 radical (unpaired) electrons. The van der Waals surface area contributed by atoms with Crippen LogP contribution in [0.5, 0.6) is 0 Å². The lowest BCUT2D eigenvalue weighted by Gasteiger charge is -1.95. The van der Waals surface area contributed by atoms with E-state index in [1.54, 1.807) is 36.7 Å². The van der Waals surface area contributed by atoms with Crippen LogP contribution in [-0.4, -0.2) is 18.0 Å². The predicted molar refractivity (Wildman–Crippen MR) is 70.2 cm³/mol. The Hall–Kier alpha value is -1.43. The van der Waals surface area contributed by atoms with Gasteiger partial charge in [0.25, 0.3) is 10.1 Å². The van der Waals surface area contributed by atoms with Crippen molar-refractivity contribution in [3.8, 4) is 0 Å². The van der Waals surface area contributed by atoms with Gasteiger partial charge in [-0.05, 0) is 31.2 Å². The molecule has 0 bridgehead atoms. The minimum atomic E-state index is -4.02. The first-order valence-electron chi connectivity index (χ1n) is 4.99. The Morgan fingerprint density at radius 1 is 1.06 bits per heavy atom. The number of benzene rings is 1. The van der Waals surface area contributed by atoms with Gasteiger partial charge in [-0.3, -0.25) is 9.54 Å². The summed E-state index contributed by atoms with van der Waals surface area (Å²) in [5.41, 5.74) is 0.956. The average molecular weight is 286 g/mol. The van der Waals surface area contributed by atoms with Crippen LogP contribution in [0.15, 0.2) is 53.7 Å². The van der Waals surface area contributed by atoms with Crippen molar-refractivity contribution in [2.24, 2.45) is 0 Å². The molecule has 18 heavy (non-hydrogen) atoms. The van der Waals surface area contributed by atoms with E-state index in [1.807, 2.05) is 6.92 Å². The topological polar surface area (TPSA) is 67.3 Å². The molecular weight excluding hydrogens is 274 g/mol. The summed E-state index contributed by atoms with van der Waals surface area (Å²) in [7, 11) is -4.02. The molecule has 0 atom stereocenters. The second-order valence-corrected chi connectivity index (χ2v) is 5.31. The molecule has 0 aliphatic rings. The molecular formula is C12H12ClNO3S. The minimum Gasteiger partial charge on any atom is -0.282 e. The van der Waals surface area contributed by atoms with Crippen molar-refractivity contribution in [1.29, 1.82) is 0 Å². The maximum absolute atomic E-state index is 10.5. The van der Waals surface area contributed by atoms with E-state index < -0.39 is 10.1 Å². The summed E-state index contributed by atoms with van der Waals surface area (Å²) in [6.07, 6.45) is 3.31. The van der Waals surface area contributed by atoms with Gasteiger partial charge in [-0.25, -0.2) is 0 Å². The zero-order valence-electron chi connectivity index (χ0n) is 9.62. The van der Waals surface area contributed by atoms with Gasteiger partial charge >= 0.3 is 0 Å². The molecule has 0 saturated heterocycles. The van der Waals surface area contributed by atoms with Gasteiger partial charge in [-0.15, -0.1) is 0 Å². The molecule has 1 aromatic heterocycles. The summed E-state index contributed by atoms with van der Waals surface area (Å²) < 4.78 is 29.6. The van der Waals surface area contributed by atoms with Crippen LogP contribution in [0.1, 0.15) is 5.56 Å². The second-order valence-electron chi connectivity index (χ2n) is 3.45. The molecule has 0 aliphatic carbocycles. The highest BCUT2D eigenvalue weighted by Crippen LogP contribution is 2.08. The van der Waals surface area contributed by atoms with Crippen LogP contribution in [-0.2, 0) is 10.1 Å². The molecule has 0 unspecified atom stereocenters. The molecule has 2 rings (SSSR count). The van der Waals surface area contributed by atoms with Gasteiger partial charge in [0, 0.05) is 17.4 Å². The van der Waals surface area contributed by atoms with Crippen LogP contribution >= 0.6 is 11.6 Å². The molecule has 0 amide bonds. The van der Waals surface area contributed by atoms with Crippen LogP contribution in [0.2, 0.25) is 5.02 Å². The lowest BCUT2D eigenvalue weighted by Crippen LogP contribution is -1.96. The van der Waals surface area contributed by atoms with Gasteiger partial charge in [-0.1, -0.05) is 29.3 Å². The number of pyridine rings is 1. The molecule has 4 nitrogen and oxygen atoms in total. The van der Waals surface area contributed by atoms with Crippen LogP contribution in [0.25, 0.3) is 0 Å². The van der Waals surface area contributed by atoms with Crippen LogP contribution in [0.3, 0.4) is 0 Å². The van der Waals surface area contributed by atoms with E-state index in [4.69, 9.17) is 16.2 Å². The highest BCUT2D eigenvalue weighted by Gasteiger charge is 2.06. The Balaban J connectivity index is 0.000000199. The van der Waals surface area contributed by atoms with E-state index in [9.17, 15) is 8.42 Å². The van der Waals surface area contributed by atoms with E-state index in [0.717, 1.165) is 10.6 Å². The predicted octanol–water partition coefficient (Wildman–Crippen LogP) is 2.98. The summed E-state index contributed by atoms with van der Waals surface area (Å²) in [5, 5.41) is 0.731.